The number of hydrogen-bond donors (Lipinski definition) is 1. The summed E-state index contributed by atoms with van der Waals surface area (Å²) in [6.07, 6.45) is 7.65. The van der Waals surface area contributed by atoms with Gasteiger partial charge in [0.2, 0.25) is 0 Å². The van der Waals surface area contributed by atoms with E-state index in [0.717, 1.165) is 18.9 Å². The summed E-state index contributed by atoms with van der Waals surface area (Å²) in [6, 6.07) is 8.94. The van der Waals surface area contributed by atoms with Crippen LogP contribution in [0.2, 0.25) is 0 Å². The second-order valence-corrected chi connectivity index (χ2v) is 6.76. The Hall–Kier alpha value is -0.860. The smallest absolute Gasteiger partial charge is 0.0375 e. The molecule has 2 N–H and O–H groups in total. The quantitative estimate of drug-likeness (QED) is 0.913. The van der Waals surface area contributed by atoms with E-state index in [9.17, 15) is 0 Å². The zero-order valence-corrected chi connectivity index (χ0v) is 12.8. The molecule has 1 heterocycles. The average molecular weight is 272 g/mol. The van der Waals surface area contributed by atoms with Crippen molar-refractivity contribution >= 4 is 0 Å². The minimum Gasteiger partial charge on any atom is -0.329 e. The number of fused-ring (bicyclic) bond motifs is 1. The number of nitrogens with zero attached hydrogens (tertiary/aromatic N) is 1. The molecule has 3 rings (SSSR count). The normalized spacial score (nSPS) is 30.4. The van der Waals surface area contributed by atoms with Gasteiger partial charge >= 0.3 is 0 Å². The van der Waals surface area contributed by atoms with E-state index in [2.05, 4.69) is 36.1 Å². The van der Waals surface area contributed by atoms with Gasteiger partial charge in [-0.05, 0) is 55.7 Å². The van der Waals surface area contributed by atoms with E-state index in [1.54, 1.807) is 5.56 Å². The van der Waals surface area contributed by atoms with Crippen LogP contribution in [-0.2, 0) is 12.8 Å². The molecule has 0 amide bonds. The highest BCUT2D eigenvalue weighted by atomic mass is 15.2. The SMILES string of the molecule is CCCC1CCN(C2(CN)CCc3ccccc3C2)C1. The standard InChI is InChI=1S/C18H28N2/c1-2-5-15-9-11-20(13-15)18(14-19)10-8-16-6-3-4-7-17(16)12-18/h3-4,6-7,15H,2,5,8-14,19H2,1H3. The zero-order valence-electron chi connectivity index (χ0n) is 12.8. The van der Waals surface area contributed by atoms with Gasteiger partial charge in [-0.3, -0.25) is 4.90 Å². The first-order valence-electron chi connectivity index (χ1n) is 8.29. The lowest BCUT2D eigenvalue weighted by atomic mass is 9.77. The predicted molar refractivity (Wildman–Crippen MR) is 84.8 cm³/mol. The highest BCUT2D eigenvalue weighted by molar-refractivity contribution is 5.32. The van der Waals surface area contributed by atoms with Crippen LogP contribution in [0.15, 0.2) is 24.3 Å². The molecule has 0 saturated carbocycles. The highest BCUT2D eigenvalue weighted by Gasteiger charge is 2.41. The van der Waals surface area contributed by atoms with E-state index in [-0.39, 0.29) is 5.54 Å². The van der Waals surface area contributed by atoms with Gasteiger partial charge in [0.25, 0.3) is 0 Å². The average Bonchev–Trinajstić information content (AvgIpc) is 2.96. The van der Waals surface area contributed by atoms with Gasteiger partial charge in [-0.15, -0.1) is 0 Å². The van der Waals surface area contributed by atoms with Crippen molar-refractivity contribution in [2.45, 2.75) is 51.0 Å². The maximum absolute atomic E-state index is 6.25. The minimum absolute atomic E-state index is 0.233. The number of hydrogen-bond acceptors (Lipinski definition) is 2. The lowest BCUT2D eigenvalue weighted by Crippen LogP contribution is -2.56. The number of aryl methyl sites for hydroxylation is 1. The molecule has 1 aromatic carbocycles. The molecule has 1 saturated heterocycles. The first-order valence-corrected chi connectivity index (χ1v) is 8.29. The van der Waals surface area contributed by atoms with Gasteiger partial charge in [-0.2, -0.15) is 0 Å². The lowest BCUT2D eigenvalue weighted by Gasteiger charge is -2.45. The maximum Gasteiger partial charge on any atom is 0.0375 e. The Bertz CT molecular complexity index is 456. The molecule has 1 aromatic rings. The van der Waals surface area contributed by atoms with E-state index >= 15 is 0 Å². The van der Waals surface area contributed by atoms with Crippen LogP contribution in [0.4, 0.5) is 0 Å². The van der Waals surface area contributed by atoms with E-state index in [1.165, 1.54) is 50.8 Å². The molecule has 110 valence electrons. The van der Waals surface area contributed by atoms with Gasteiger partial charge in [0.1, 0.15) is 0 Å². The molecular formula is C18H28N2. The Morgan fingerprint density at radius 1 is 1.30 bits per heavy atom. The molecular weight excluding hydrogens is 244 g/mol. The third kappa shape index (κ3) is 2.51. The van der Waals surface area contributed by atoms with Crippen molar-refractivity contribution < 1.29 is 0 Å². The van der Waals surface area contributed by atoms with Crippen LogP contribution < -0.4 is 5.73 Å². The first-order chi connectivity index (χ1) is 9.77. The van der Waals surface area contributed by atoms with Crippen molar-refractivity contribution in [1.29, 1.82) is 0 Å². The molecule has 1 fully saturated rings. The van der Waals surface area contributed by atoms with Crippen LogP contribution >= 0.6 is 0 Å². The molecule has 2 aliphatic rings. The molecule has 0 spiro atoms. The van der Waals surface area contributed by atoms with Crippen molar-refractivity contribution in [3.05, 3.63) is 35.4 Å². The predicted octanol–water partition coefficient (Wildman–Crippen LogP) is 2.99. The Kier molecular flexibility index (Phi) is 4.13. The fourth-order valence-corrected chi connectivity index (χ4v) is 4.26. The number of likely N-dealkylation sites (tertiary alicyclic amines) is 1. The summed E-state index contributed by atoms with van der Waals surface area (Å²) in [4.78, 5) is 2.73. The van der Waals surface area contributed by atoms with Gasteiger partial charge < -0.3 is 5.73 Å². The molecule has 2 atom stereocenters. The molecule has 2 nitrogen and oxygen atoms in total. The third-order valence-electron chi connectivity index (χ3n) is 5.53. The van der Waals surface area contributed by atoms with Gasteiger partial charge in [-0.1, -0.05) is 37.6 Å². The van der Waals surface area contributed by atoms with Crippen molar-refractivity contribution in [1.82, 2.24) is 4.90 Å². The van der Waals surface area contributed by atoms with Crippen LogP contribution in [0.3, 0.4) is 0 Å². The van der Waals surface area contributed by atoms with Gasteiger partial charge in [0.15, 0.2) is 0 Å². The van der Waals surface area contributed by atoms with Gasteiger partial charge in [0, 0.05) is 18.6 Å². The Balaban J connectivity index is 1.77. The van der Waals surface area contributed by atoms with Crippen molar-refractivity contribution in [3.8, 4) is 0 Å². The van der Waals surface area contributed by atoms with E-state index in [0.29, 0.717) is 0 Å². The number of benzene rings is 1. The maximum atomic E-state index is 6.25. The highest BCUT2D eigenvalue weighted by Crippen LogP contribution is 2.36. The van der Waals surface area contributed by atoms with Gasteiger partial charge in [-0.25, -0.2) is 0 Å². The third-order valence-corrected chi connectivity index (χ3v) is 5.53. The molecule has 0 aromatic heterocycles. The van der Waals surface area contributed by atoms with Crippen molar-refractivity contribution in [2.24, 2.45) is 11.7 Å². The Morgan fingerprint density at radius 2 is 2.10 bits per heavy atom. The second-order valence-electron chi connectivity index (χ2n) is 6.76. The number of rotatable bonds is 4. The summed E-state index contributed by atoms with van der Waals surface area (Å²) in [5.74, 6) is 0.903. The summed E-state index contributed by atoms with van der Waals surface area (Å²) in [5, 5.41) is 0. The zero-order chi connectivity index (χ0) is 14.0. The molecule has 0 bridgehead atoms. The van der Waals surface area contributed by atoms with E-state index in [4.69, 9.17) is 5.73 Å². The summed E-state index contributed by atoms with van der Waals surface area (Å²) < 4.78 is 0. The minimum atomic E-state index is 0.233. The molecule has 1 aliphatic heterocycles. The monoisotopic (exact) mass is 272 g/mol. The van der Waals surface area contributed by atoms with Crippen LogP contribution in [0.25, 0.3) is 0 Å². The molecule has 2 heteroatoms. The fraction of sp³-hybridized carbons (Fsp3) is 0.667. The van der Waals surface area contributed by atoms with Crippen LogP contribution in [-0.4, -0.2) is 30.1 Å². The number of nitrogens with two attached hydrogens (primary N) is 1. The summed E-state index contributed by atoms with van der Waals surface area (Å²) in [6.45, 7) is 5.63. The summed E-state index contributed by atoms with van der Waals surface area (Å²) in [5.41, 5.74) is 9.56. The first kappa shape index (κ1) is 14.1. The molecule has 1 aliphatic carbocycles. The van der Waals surface area contributed by atoms with Crippen molar-refractivity contribution in [3.63, 3.8) is 0 Å². The largest absolute Gasteiger partial charge is 0.329 e. The second kappa shape index (κ2) is 5.87. The molecule has 2 unspecified atom stereocenters. The van der Waals surface area contributed by atoms with Crippen LogP contribution in [0, 0.1) is 5.92 Å². The van der Waals surface area contributed by atoms with Crippen LogP contribution in [0.5, 0.6) is 0 Å². The molecule has 0 radical (unpaired) electrons. The van der Waals surface area contributed by atoms with Crippen molar-refractivity contribution in [2.75, 3.05) is 19.6 Å². The van der Waals surface area contributed by atoms with Gasteiger partial charge in [0.05, 0.1) is 0 Å². The van der Waals surface area contributed by atoms with E-state index in [1.807, 2.05) is 0 Å². The van der Waals surface area contributed by atoms with E-state index < -0.39 is 0 Å². The molecule has 20 heavy (non-hydrogen) atoms. The van der Waals surface area contributed by atoms with Crippen LogP contribution in [0.1, 0.15) is 43.7 Å². The summed E-state index contributed by atoms with van der Waals surface area (Å²) >= 11 is 0. The Morgan fingerprint density at radius 3 is 2.85 bits per heavy atom. The topological polar surface area (TPSA) is 29.3 Å². The lowest BCUT2D eigenvalue weighted by molar-refractivity contribution is 0.102. The Labute approximate surface area is 123 Å². The fourth-order valence-electron chi connectivity index (χ4n) is 4.26. The summed E-state index contributed by atoms with van der Waals surface area (Å²) in [7, 11) is 0.